The Morgan fingerprint density at radius 2 is 2.15 bits per heavy atom. The first-order valence-corrected chi connectivity index (χ1v) is 10.6. The van der Waals surface area contributed by atoms with Crippen LogP contribution in [0.3, 0.4) is 0 Å². The Morgan fingerprint density at radius 3 is 2.96 bits per heavy atom. The summed E-state index contributed by atoms with van der Waals surface area (Å²) in [4.78, 5) is 20.0. The lowest BCUT2D eigenvalue weighted by atomic mass is 10.1. The molecular weight excluding hydrogens is 358 g/mol. The molecule has 0 radical (unpaired) electrons. The zero-order valence-corrected chi connectivity index (χ0v) is 16.6. The van der Waals surface area contributed by atoms with Crippen molar-refractivity contribution in [3.05, 3.63) is 59.9 Å². The van der Waals surface area contributed by atoms with Gasteiger partial charge in [0.25, 0.3) is 0 Å². The van der Waals surface area contributed by atoms with Gasteiger partial charge in [-0.2, -0.15) is 0 Å². The van der Waals surface area contributed by atoms with Crippen molar-refractivity contribution in [2.24, 2.45) is 0 Å². The van der Waals surface area contributed by atoms with E-state index in [1.165, 1.54) is 16.0 Å². The highest BCUT2D eigenvalue weighted by Gasteiger charge is 2.25. The number of rotatable bonds is 8. The molecular formula is C21H27N3O2S. The van der Waals surface area contributed by atoms with Crippen molar-refractivity contribution in [1.82, 2.24) is 15.2 Å². The van der Waals surface area contributed by atoms with Gasteiger partial charge in [0.15, 0.2) is 0 Å². The summed E-state index contributed by atoms with van der Waals surface area (Å²) in [6.45, 7) is 3.69. The lowest BCUT2D eigenvalue weighted by molar-refractivity contribution is -0.124. The van der Waals surface area contributed by atoms with E-state index in [1.54, 1.807) is 24.2 Å². The van der Waals surface area contributed by atoms with Gasteiger partial charge in [0.2, 0.25) is 5.91 Å². The number of morpholine rings is 1. The molecule has 2 aromatic rings. The maximum absolute atomic E-state index is 12.4. The first-order chi connectivity index (χ1) is 13.2. The third kappa shape index (κ3) is 6.34. The van der Waals surface area contributed by atoms with Crippen molar-refractivity contribution >= 4 is 17.7 Å². The lowest BCUT2D eigenvalue weighted by Gasteiger charge is -2.35. The maximum atomic E-state index is 12.4. The fourth-order valence-electron chi connectivity index (χ4n) is 3.27. The van der Waals surface area contributed by atoms with Crippen LogP contribution in [0.5, 0.6) is 0 Å². The molecule has 1 fully saturated rings. The zero-order chi connectivity index (χ0) is 18.9. The highest BCUT2D eigenvalue weighted by molar-refractivity contribution is 7.98. The van der Waals surface area contributed by atoms with Gasteiger partial charge in [-0.3, -0.25) is 14.7 Å². The molecule has 2 heterocycles. The van der Waals surface area contributed by atoms with Gasteiger partial charge in [0, 0.05) is 49.4 Å². The molecule has 1 N–H and O–H groups in total. The molecule has 0 bridgehead atoms. The normalized spacial score (nSPS) is 17.6. The second-order valence-corrected chi connectivity index (χ2v) is 7.59. The van der Waals surface area contributed by atoms with Gasteiger partial charge in [0.1, 0.15) is 0 Å². The number of ether oxygens (including phenoxy) is 1. The van der Waals surface area contributed by atoms with E-state index < -0.39 is 0 Å². The molecule has 5 nitrogen and oxygen atoms in total. The maximum Gasteiger partial charge on any atom is 0.221 e. The first kappa shape index (κ1) is 19.9. The number of amides is 1. The number of nitrogens with one attached hydrogen (secondary N) is 1. The minimum atomic E-state index is 0.0856. The third-order valence-electron chi connectivity index (χ3n) is 4.78. The van der Waals surface area contributed by atoms with Crippen LogP contribution in [0.2, 0.25) is 0 Å². The van der Waals surface area contributed by atoms with Gasteiger partial charge in [-0.05, 0) is 48.1 Å². The Balaban J connectivity index is 1.49. The smallest absolute Gasteiger partial charge is 0.221 e. The molecule has 1 aliphatic rings. The standard InChI is InChI=1S/C21H27N3O2S/c1-27-20-4-2-3-18(13-20)15-24-11-12-26-16-19(24)14-21(25)23-10-7-17-5-8-22-9-6-17/h2-6,8-9,13,19H,7,10-12,14-16H2,1H3,(H,23,25)/t19-/m0/s1. The summed E-state index contributed by atoms with van der Waals surface area (Å²) in [5, 5.41) is 3.04. The average molecular weight is 386 g/mol. The van der Waals surface area contributed by atoms with Crippen molar-refractivity contribution in [1.29, 1.82) is 0 Å². The van der Waals surface area contributed by atoms with Gasteiger partial charge in [0.05, 0.1) is 13.2 Å². The van der Waals surface area contributed by atoms with Crippen molar-refractivity contribution < 1.29 is 9.53 Å². The van der Waals surface area contributed by atoms with Crippen LogP contribution in [-0.4, -0.2) is 54.4 Å². The predicted octanol–water partition coefficient (Wildman–Crippen LogP) is 2.75. The number of hydrogen-bond donors (Lipinski definition) is 1. The van der Waals surface area contributed by atoms with E-state index in [9.17, 15) is 4.79 Å². The Bertz CT molecular complexity index is 726. The van der Waals surface area contributed by atoms with Crippen LogP contribution in [0, 0.1) is 0 Å². The molecule has 1 aliphatic heterocycles. The SMILES string of the molecule is CSc1cccc(CN2CCOC[C@@H]2CC(=O)NCCc2ccncc2)c1. The Kier molecular flexibility index (Phi) is 7.68. The second-order valence-electron chi connectivity index (χ2n) is 6.71. The van der Waals surface area contributed by atoms with Crippen LogP contribution in [0.4, 0.5) is 0 Å². The van der Waals surface area contributed by atoms with E-state index in [0.29, 0.717) is 19.6 Å². The molecule has 0 saturated carbocycles. The molecule has 1 aromatic heterocycles. The van der Waals surface area contributed by atoms with Crippen LogP contribution in [0.1, 0.15) is 17.5 Å². The minimum absolute atomic E-state index is 0.0856. The van der Waals surface area contributed by atoms with Gasteiger partial charge in [-0.1, -0.05) is 12.1 Å². The number of benzene rings is 1. The molecule has 1 amide bonds. The average Bonchev–Trinajstić information content (AvgIpc) is 2.70. The Labute approximate surface area is 165 Å². The first-order valence-electron chi connectivity index (χ1n) is 9.35. The molecule has 27 heavy (non-hydrogen) atoms. The van der Waals surface area contributed by atoms with Gasteiger partial charge in [-0.15, -0.1) is 11.8 Å². The lowest BCUT2D eigenvalue weighted by Crippen LogP contribution is -2.47. The number of aromatic nitrogens is 1. The number of pyridine rings is 1. The number of nitrogens with zero attached hydrogens (tertiary/aromatic N) is 2. The Hall–Kier alpha value is -1.89. The molecule has 0 unspecified atom stereocenters. The fraction of sp³-hybridized carbons (Fsp3) is 0.429. The highest BCUT2D eigenvalue weighted by Crippen LogP contribution is 2.19. The van der Waals surface area contributed by atoms with E-state index in [2.05, 4.69) is 45.7 Å². The largest absolute Gasteiger partial charge is 0.378 e. The summed E-state index contributed by atoms with van der Waals surface area (Å²) >= 11 is 1.75. The summed E-state index contributed by atoms with van der Waals surface area (Å²) in [6, 6.07) is 12.7. The monoisotopic (exact) mass is 385 g/mol. The van der Waals surface area contributed by atoms with Crippen LogP contribution in [0.25, 0.3) is 0 Å². The Morgan fingerprint density at radius 1 is 1.30 bits per heavy atom. The summed E-state index contributed by atoms with van der Waals surface area (Å²) in [5.74, 6) is 0.0856. The minimum Gasteiger partial charge on any atom is -0.378 e. The van der Waals surface area contributed by atoms with Gasteiger partial charge < -0.3 is 10.1 Å². The summed E-state index contributed by atoms with van der Waals surface area (Å²) in [5.41, 5.74) is 2.47. The van der Waals surface area contributed by atoms with Crippen LogP contribution in [0.15, 0.2) is 53.7 Å². The second kappa shape index (κ2) is 10.4. The van der Waals surface area contributed by atoms with Gasteiger partial charge in [-0.25, -0.2) is 0 Å². The van der Waals surface area contributed by atoms with Crippen molar-refractivity contribution in [3.63, 3.8) is 0 Å². The van der Waals surface area contributed by atoms with Crippen LogP contribution >= 0.6 is 11.8 Å². The van der Waals surface area contributed by atoms with E-state index >= 15 is 0 Å². The summed E-state index contributed by atoms with van der Waals surface area (Å²) in [7, 11) is 0. The molecule has 144 valence electrons. The van der Waals surface area contributed by atoms with Crippen LogP contribution < -0.4 is 5.32 Å². The fourth-order valence-corrected chi connectivity index (χ4v) is 3.76. The van der Waals surface area contributed by atoms with E-state index in [1.807, 2.05) is 12.1 Å². The number of thioether (sulfide) groups is 1. The number of carbonyl (C=O) groups is 1. The molecule has 6 heteroatoms. The van der Waals surface area contributed by atoms with Crippen molar-refractivity contribution in [2.75, 3.05) is 32.6 Å². The highest BCUT2D eigenvalue weighted by atomic mass is 32.2. The zero-order valence-electron chi connectivity index (χ0n) is 15.8. The summed E-state index contributed by atoms with van der Waals surface area (Å²) in [6.07, 6.45) is 6.94. The van der Waals surface area contributed by atoms with Gasteiger partial charge >= 0.3 is 0 Å². The molecule has 0 aliphatic carbocycles. The topological polar surface area (TPSA) is 54.5 Å². The molecule has 1 saturated heterocycles. The molecule has 1 atom stereocenters. The van der Waals surface area contributed by atoms with Crippen LogP contribution in [-0.2, 0) is 22.5 Å². The van der Waals surface area contributed by atoms with Crippen molar-refractivity contribution in [2.45, 2.75) is 30.3 Å². The molecule has 0 spiro atoms. The number of carbonyl (C=O) groups excluding carboxylic acids is 1. The van der Waals surface area contributed by atoms with E-state index in [-0.39, 0.29) is 11.9 Å². The molecule has 1 aromatic carbocycles. The molecule has 3 rings (SSSR count). The predicted molar refractivity (Wildman–Crippen MR) is 109 cm³/mol. The van der Waals surface area contributed by atoms with E-state index in [0.717, 1.165) is 26.1 Å². The quantitative estimate of drug-likeness (QED) is 0.708. The van der Waals surface area contributed by atoms with E-state index in [4.69, 9.17) is 4.74 Å². The van der Waals surface area contributed by atoms with Crippen molar-refractivity contribution in [3.8, 4) is 0 Å². The summed E-state index contributed by atoms with van der Waals surface area (Å²) < 4.78 is 5.64. The third-order valence-corrected chi connectivity index (χ3v) is 5.50. The number of hydrogen-bond acceptors (Lipinski definition) is 5.